The number of anilines is 1. The first-order chi connectivity index (χ1) is 12.9. The minimum absolute atomic E-state index is 0.242. The molecule has 1 N–H and O–H groups in total. The van der Waals surface area contributed by atoms with E-state index in [-0.39, 0.29) is 11.5 Å². The Labute approximate surface area is 168 Å². The summed E-state index contributed by atoms with van der Waals surface area (Å²) >= 11 is 12.3. The molecule has 0 bridgehead atoms. The van der Waals surface area contributed by atoms with Gasteiger partial charge in [0.05, 0.1) is 10.0 Å². The summed E-state index contributed by atoms with van der Waals surface area (Å²) in [6.45, 7) is 3.89. The molecule has 0 aliphatic rings. The third kappa shape index (κ3) is 4.98. The molecule has 0 fully saturated rings. The Hall–Kier alpha value is -2.13. The number of hydrogen-bond acceptors (Lipinski definition) is 3. The zero-order valence-corrected chi connectivity index (χ0v) is 17.2. The molecular weight excluding hydrogens is 404 g/mol. The van der Waals surface area contributed by atoms with E-state index in [4.69, 9.17) is 32.2 Å². The van der Waals surface area contributed by atoms with Gasteiger partial charge in [-0.05, 0) is 49.7 Å². The summed E-state index contributed by atoms with van der Waals surface area (Å²) in [6, 6.07) is 19.2. The van der Waals surface area contributed by atoms with Gasteiger partial charge in [0.1, 0.15) is 0 Å². The van der Waals surface area contributed by atoms with Gasteiger partial charge in [0.25, 0.3) is 0 Å². The van der Waals surface area contributed by atoms with Gasteiger partial charge in [0, 0.05) is 5.69 Å². The lowest BCUT2D eigenvalue weighted by atomic mass is 10.1. The summed E-state index contributed by atoms with van der Waals surface area (Å²) < 4.78 is 25.0. The summed E-state index contributed by atoms with van der Waals surface area (Å²) in [4.78, 5) is 0. The second-order valence-electron chi connectivity index (χ2n) is 5.97. The van der Waals surface area contributed by atoms with Gasteiger partial charge in [0.15, 0.2) is 11.5 Å². The molecule has 0 aliphatic heterocycles. The maximum absolute atomic E-state index is 13.6. The zero-order valence-electron chi connectivity index (χ0n) is 14.8. The van der Waals surface area contributed by atoms with Crippen molar-refractivity contribution in [1.82, 2.24) is 0 Å². The Morgan fingerprint density at radius 3 is 1.81 bits per heavy atom. The summed E-state index contributed by atoms with van der Waals surface area (Å²) in [5.41, 5.74) is 2.62. The molecule has 3 aromatic carbocycles. The molecular formula is C20H18Cl2NO3P. The number of aryl methyl sites for hydroxylation is 2. The summed E-state index contributed by atoms with van der Waals surface area (Å²) in [5.74, 6) is 0.485. The average Bonchev–Trinajstić information content (AvgIpc) is 2.62. The highest BCUT2D eigenvalue weighted by Crippen LogP contribution is 2.51. The second kappa shape index (κ2) is 8.26. The van der Waals surface area contributed by atoms with E-state index in [9.17, 15) is 4.57 Å². The first kappa shape index (κ1) is 19.6. The molecule has 27 heavy (non-hydrogen) atoms. The number of halogens is 2. The first-order valence-corrected chi connectivity index (χ1v) is 10.5. The van der Waals surface area contributed by atoms with Crippen LogP contribution in [0.4, 0.5) is 5.69 Å². The van der Waals surface area contributed by atoms with Gasteiger partial charge in [-0.15, -0.1) is 0 Å². The number of hydrogen-bond donors (Lipinski definition) is 1. The molecule has 140 valence electrons. The zero-order chi connectivity index (χ0) is 19.4. The fourth-order valence-electron chi connectivity index (χ4n) is 2.45. The predicted molar refractivity (Wildman–Crippen MR) is 111 cm³/mol. The van der Waals surface area contributed by atoms with Crippen LogP contribution in [0.5, 0.6) is 11.5 Å². The van der Waals surface area contributed by atoms with Gasteiger partial charge >= 0.3 is 7.75 Å². The van der Waals surface area contributed by atoms with Crippen LogP contribution in [0, 0.1) is 13.8 Å². The first-order valence-electron chi connectivity index (χ1n) is 8.20. The standard InChI is InChI=1S/C20H18Cl2NO3P/c1-14-11-12-18(15(2)13-14)23-27(24,25-19-9-5-3-7-16(19)21)26-20-10-6-4-8-17(20)22/h3-13H,1-2H3,(H,23,24). The molecule has 0 heterocycles. The van der Waals surface area contributed by atoms with E-state index in [1.165, 1.54) is 0 Å². The maximum Gasteiger partial charge on any atom is 0.541 e. The van der Waals surface area contributed by atoms with Crippen LogP contribution in [-0.4, -0.2) is 0 Å². The van der Waals surface area contributed by atoms with Crippen molar-refractivity contribution in [1.29, 1.82) is 0 Å². The summed E-state index contributed by atoms with van der Waals surface area (Å²) in [7, 11) is -3.90. The van der Waals surface area contributed by atoms with Crippen molar-refractivity contribution in [3.05, 3.63) is 87.9 Å². The molecule has 0 saturated heterocycles. The van der Waals surface area contributed by atoms with Crippen molar-refractivity contribution < 1.29 is 13.6 Å². The van der Waals surface area contributed by atoms with E-state index >= 15 is 0 Å². The van der Waals surface area contributed by atoms with Gasteiger partial charge in [0.2, 0.25) is 0 Å². The third-order valence-electron chi connectivity index (χ3n) is 3.75. The highest BCUT2D eigenvalue weighted by Gasteiger charge is 2.31. The summed E-state index contributed by atoms with van der Waals surface area (Å²) in [5, 5.41) is 3.54. The van der Waals surface area contributed by atoms with E-state index < -0.39 is 7.75 Å². The van der Waals surface area contributed by atoms with Crippen LogP contribution in [-0.2, 0) is 4.57 Å². The molecule has 0 spiro atoms. The molecule has 0 atom stereocenters. The lowest BCUT2D eigenvalue weighted by Crippen LogP contribution is -2.11. The molecule has 3 rings (SSSR count). The van der Waals surface area contributed by atoms with Crippen LogP contribution in [0.25, 0.3) is 0 Å². The van der Waals surface area contributed by atoms with Gasteiger partial charge in [-0.2, -0.15) is 0 Å². The second-order valence-corrected chi connectivity index (χ2v) is 8.37. The summed E-state index contributed by atoms with van der Waals surface area (Å²) in [6.07, 6.45) is 0. The van der Waals surface area contributed by atoms with E-state index in [1.807, 2.05) is 32.0 Å². The van der Waals surface area contributed by atoms with Crippen LogP contribution in [0.3, 0.4) is 0 Å². The Kier molecular flexibility index (Phi) is 6.01. The van der Waals surface area contributed by atoms with Crippen molar-refractivity contribution in [2.45, 2.75) is 13.8 Å². The molecule has 7 heteroatoms. The molecule has 0 amide bonds. The largest absolute Gasteiger partial charge is 0.541 e. The Balaban J connectivity index is 1.98. The SMILES string of the molecule is Cc1ccc(NP(=O)(Oc2ccccc2Cl)Oc2ccccc2Cl)c(C)c1. The topological polar surface area (TPSA) is 47.6 Å². The van der Waals surface area contributed by atoms with Crippen molar-refractivity contribution in [2.24, 2.45) is 0 Å². The van der Waals surface area contributed by atoms with Crippen molar-refractivity contribution in [3.63, 3.8) is 0 Å². The van der Waals surface area contributed by atoms with E-state index in [1.54, 1.807) is 48.5 Å². The van der Waals surface area contributed by atoms with Gasteiger partial charge in [-0.3, -0.25) is 5.09 Å². The van der Waals surface area contributed by atoms with Crippen LogP contribution in [0.15, 0.2) is 66.7 Å². The van der Waals surface area contributed by atoms with E-state index in [0.29, 0.717) is 15.7 Å². The lowest BCUT2D eigenvalue weighted by Gasteiger charge is -2.23. The predicted octanol–water partition coefficient (Wildman–Crippen LogP) is 7.29. The van der Waals surface area contributed by atoms with Crippen molar-refractivity contribution in [2.75, 3.05) is 5.09 Å². The maximum atomic E-state index is 13.6. The Morgan fingerprint density at radius 1 is 0.815 bits per heavy atom. The molecule has 0 saturated carbocycles. The molecule has 4 nitrogen and oxygen atoms in total. The minimum Gasteiger partial charge on any atom is -0.399 e. The Bertz CT molecular complexity index is 959. The fourth-order valence-corrected chi connectivity index (χ4v) is 4.41. The molecule has 0 radical (unpaired) electrons. The highest BCUT2D eigenvalue weighted by molar-refractivity contribution is 7.56. The van der Waals surface area contributed by atoms with Crippen LogP contribution in [0.1, 0.15) is 11.1 Å². The average molecular weight is 422 g/mol. The van der Waals surface area contributed by atoms with Crippen LogP contribution in [0.2, 0.25) is 10.0 Å². The van der Waals surface area contributed by atoms with Crippen LogP contribution >= 0.6 is 30.9 Å². The highest BCUT2D eigenvalue weighted by atomic mass is 35.5. The van der Waals surface area contributed by atoms with E-state index in [2.05, 4.69) is 5.09 Å². The number of nitrogens with one attached hydrogen (secondary N) is 1. The van der Waals surface area contributed by atoms with Gasteiger partial charge < -0.3 is 9.05 Å². The third-order valence-corrected chi connectivity index (χ3v) is 5.76. The monoisotopic (exact) mass is 421 g/mol. The van der Waals surface area contributed by atoms with Crippen molar-refractivity contribution >= 4 is 36.6 Å². The van der Waals surface area contributed by atoms with E-state index in [0.717, 1.165) is 11.1 Å². The number of rotatable bonds is 6. The number of para-hydroxylation sites is 2. The minimum atomic E-state index is -3.90. The smallest absolute Gasteiger partial charge is 0.399 e. The number of benzene rings is 3. The Morgan fingerprint density at radius 2 is 1.33 bits per heavy atom. The normalized spacial score (nSPS) is 11.1. The van der Waals surface area contributed by atoms with Gasteiger partial charge in [-0.1, -0.05) is 65.2 Å². The molecule has 0 aliphatic carbocycles. The molecule has 0 unspecified atom stereocenters. The lowest BCUT2D eigenvalue weighted by molar-refractivity contribution is 0.393. The van der Waals surface area contributed by atoms with Crippen LogP contribution < -0.4 is 14.1 Å². The fraction of sp³-hybridized carbons (Fsp3) is 0.100. The van der Waals surface area contributed by atoms with Crippen molar-refractivity contribution in [3.8, 4) is 11.5 Å². The molecule has 0 aromatic heterocycles. The molecule has 3 aromatic rings. The quantitative estimate of drug-likeness (QED) is 0.424. The van der Waals surface area contributed by atoms with Gasteiger partial charge in [-0.25, -0.2) is 4.57 Å².